The quantitative estimate of drug-likeness (QED) is 0.443. The molecule has 0 saturated carbocycles. The molecule has 0 radical (unpaired) electrons. The summed E-state index contributed by atoms with van der Waals surface area (Å²) in [5.41, 5.74) is 0.567. The van der Waals surface area contributed by atoms with E-state index in [0.29, 0.717) is 24.3 Å². The average molecular weight is 267 g/mol. The number of methoxy groups -OCH3 is 1. The molecule has 1 rings (SSSR count). The van der Waals surface area contributed by atoms with Gasteiger partial charge in [-0.2, -0.15) is 0 Å². The number of aromatic nitrogens is 1. The maximum Gasteiger partial charge on any atom is 0.314 e. The second kappa shape index (κ2) is 6.67. The first-order valence-electron chi connectivity index (χ1n) is 5.85. The molecule has 1 aromatic heterocycles. The van der Waals surface area contributed by atoms with Gasteiger partial charge in [0.2, 0.25) is 5.82 Å². The largest absolute Gasteiger partial charge is 0.469 e. The van der Waals surface area contributed by atoms with Gasteiger partial charge in [-0.05, 0) is 19.4 Å². The van der Waals surface area contributed by atoms with Gasteiger partial charge in [-0.1, -0.05) is 0 Å². The molecule has 0 aliphatic carbocycles. The number of hydrogen-bond acceptors (Lipinski definition) is 6. The van der Waals surface area contributed by atoms with Crippen LogP contribution in [0.5, 0.6) is 0 Å². The summed E-state index contributed by atoms with van der Waals surface area (Å²) in [7, 11) is 3.05. The number of pyridine rings is 1. The molecule has 1 heterocycles. The molecule has 19 heavy (non-hydrogen) atoms. The highest BCUT2D eigenvalue weighted by atomic mass is 16.6. The van der Waals surface area contributed by atoms with Crippen LogP contribution >= 0.6 is 0 Å². The van der Waals surface area contributed by atoms with Crippen LogP contribution in [0.4, 0.5) is 11.5 Å². The Hall–Kier alpha value is -2.18. The van der Waals surface area contributed by atoms with Gasteiger partial charge in [0, 0.05) is 31.8 Å². The Morgan fingerprint density at radius 2 is 2.26 bits per heavy atom. The van der Waals surface area contributed by atoms with E-state index in [1.54, 1.807) is 24.9 Å². The van der Waals surface area contributed by atoms with Crippen molar-refractivity contribution in [3.8, 4) is 0 Å². The zero-order chi connectivity index (χ0) is 14.4. The molecule has 7 nitrogen and oxygen atoms in total. The molecule has 104 valence electrons. The summed E-state index contributed by atoms with van der Waals surface area (Å²) in [6.45, 7) is 2.16. The summed E-state index contributed by atoms with van der Waals surface area (Å²) in [5.74, 6) is 0.0231. The van der Waals surface area contributed by atoms with Gasteiger partial charge in [-0.3, -0.25) is 14.9 Å². The maximum atomic E-state index is 11.0. The van der Waals surface area contributed by atoms with E-state index in [0.717, 1.165) is 0 Å². The van der Waals surface area contributed by atoms with E-state index in [2.05, 4.69) is 9.72 Å². The van der Waals surface area contributed by atoms with E-state index in [1.807, 2.05) is 0 Å². The van der Waals surface area contributed by atoms with Crippen molar-refractivity contribution in [1.29, 1.82) is 0 Å². The minimum Gasteiger partial charge on any atom is -0.469 e. The van der Waals surface area contributed by atoms with E-state index in [1.165, 1.54) is 13.3 Å². The Kier molecular flexibility index (Phi) is 5.23. The molecule has 0 aliphatic heterocycles. The lowest BCUT2D eigenvalue weighted by molar-refractivity contribution is -0.384. The number of carbonyl (C=O) groups is 1. The first-order chi connectivity index (χ1) is 8.97. The Balaban J connectivity index is 2.77. The molecule has 0 unspecified atom stereocenters. The van der Waals surface area contributed by atoms with Crippen molar-refractivity contribution in [2.24, 2.45) is 0 Å². The lowest BCUT2D eigenvalue weighted by Crippen LogP contribution is -2.22. The predicted octanol–water partition coefficient (Wildman–Crippen LogP) is 1.69. The fraction of sp³-hybridized carbons (Fsp3) is 0.500. The molecule has 0 saturated heterocycles. The van der Waals surface area contributed by atoms with Gasteiger partial charge in [0.25, 0.3) is 0 Å². The van der Waals surface area contributed by atoms with Crippen LogP contribution < -0.4 is 4.90 Å². The van der Waals surface area contributed by atoms with Crippen LogP contribution in [0.2, 0.25) is 0 Å². The van der Waals surface area contributed by atoms with Gasteiger partial charge in [0.05, 0.1) is 12.0 Å². The third kappa shape index (κ3) is 3.90. The molecule has 0 aromatic carbocycles. The summed E-state index contributed by atoms with van der Waals surface area (Å²) >= 11 is 0. The third-order valence-electron chi connectivity index (χ3n) is 2.75. The number of esters is 1. The van der Waals surface area contributed by atoms with Gasteiger partial charge in [0.1, 0.15) is 0 Å². The van der Waals surface area contributed by atoms with E-state index in [4.69, 9.17) is 0 Å². The standard InChI is InChI=1S/C12H17N3O4/c1-9-6-7-13-12(11(9)15(17)18)14(2)8-4-5-10(16)19-3/h6-7H,4-5,8H2,1-3H3. The Morgan fingerprint density at radius 1 is 1.58 bits per heavy atom. The van der Waals surface area contributed by atoms with E-state index >= 15 is 0 Å². The van der Waals surface area contributed by atoms with Crippen molar-refractivity contribution in [1.82, 2.24) is 4.98 Å². The SMILES string of the molecule is COC(=O)CCCN(C)c1nccc(C)c1[N+](=O)[O-]. The van der Waals surface area contributed by atoms with Gasteiger partial charge < -0.3 is 9.64 Å². The molecule has 1 aromatic rings. The number of ether oxygens (including phenoxy) is 1. The maximum absolute atomic E-state index is 11.0. The van der Waals surface area contributed by atoms with Gasteiger partial charge in [-0.15, -0.1) is 0 Å². The smallest absolute Gasteiger partial charge is 0.314 e. The lowest BCUT2D eigenvalue weighted by Gasteiger charge is -2.18. The highest BCUT2D eigenvalue weighted by Crippen LogP contribution is 2.28. The highest BCUT2D eigenvalue weighted by molar-refractivity contribution is 5.69. The summed E-state index contributed by atoms with van der Waals surface area (Å²) < 4.78 is 4.54. The summed E-state index contributed by atoms with van der Waals surface area (Å²) in [4.78, 5) is 27.3. The lowest BCUT2D eigenvalue weighted by atomic mass is 10.2. The van der Waals surface area contributed by atoms with Crippen LogP contribution in [0.15, 0.2) is 12.3 Å². The van der Waals surface area contributed by atoms with Crippen molar-refractivity contribution >= 4 is 17.5 Å². The Bertz CT molecular complexity index is 476. The van der Waals surface area contributed by atoms with Crippen LogP contribution in [0, 0.1) is 17.0 Å². The van der Waals surface area contributed by atoms with E-state index in [-0.39, 0.29) is 18.1 Å². The van der Waals surface area contributed by atoms with Crippen molar-refractivity contribution in [2.45, 2.75) is 19.8 Å². The Labute approximate surface area is 111 Å². The fourth-order valence-corrected chi connectivity index (χ4v) is 1.71. The number of nitro groups is 1. The predicted molar refractivity (Wildman–Crippen MR) is 70.1 cm³/mol. The first-order valence-corrected chi connectivity index (χ1v) is 5.85. The number of aryl methyl sites for hydroxylation is 1. The first kappa shape index (κ1) is 14.9. The molecule has 0 atom stereocenters. The minimum absolute atomic E-state index is 0.00284. The number of carbonyl (C=O) groups excluding carboxylic acids is 1. The van der Waals surface area contributed by atoms with Gasteiger partial charge in [0.15, 0.2) is 0 Å². The van der Waals surface area contributed by atoms with Crippen LogP contribution in [-0.4, -0.2) is 36.6 Å². The second-order valence-electron chi connectivity index (χ2n) is 4.16. The van der Waals surface area contributed by atoms with Crippen LogP contribution in [0.1, 0.15) is 18.4 Å². The fourth-order valence-electron chi connectivity index (χ4n) is 1.71. The molecule has 0 spiro atoms. The minimum atomic E-state index is -0.436. The molecular formula is C12H17N3O4. The Morgan fingerprint density at radius 3 is 2.84 bits per heavy atom. The third-order valence-corrected chi connectivity index (χ3v) is 2.75. The van der Waals surface area contributed by atoms with Crippen molar-refractivity contribution in [3.63, 3.8) is 0 Å². The molecule has 0 aliphatic rings. The molecule has 0 N–H and O–H groups in total. The summed E-state index contributed by atoms with van der Waals surface area (Å²) in [6, 6.07) is 1.60. The number of hydrogen-bond donors (Lipinski definition) is 0. The molecule has 0 fully saturated rings. The number of anilines is 1. The zero-order valence-electron chi connectivity index (χ0n) is 11.3. The van der Waals surface area contributed by atoms with E-state index in [9.17, 15) is 14.9 Å². The number of nitrogens with zero attached hydrogens (tertiary/aromatic N) is 3. The van der Waals surface area contributed by atoms with Crippen molar-refractivity contribution in [2.75, 3.05) is 25.6 Å². The topological polar surface area (TPSA) is 85.6 Å². The molecule has 0 bridgehead atoms. The van der Waals surface area contributed by atoms with Gasteiger partial charge in [-0.25, -0.2) is 4.98 Å². The summed E-state index contributed by atoms with van der Waals surface area (Å²) in [6.07, 6.45) is 2.37. The van der Waals surface area contributed by atoms with Crippen molar-refractivity contribution < 1.29 is 14.5 Å². The average Bonchev–Trinajstić information content (AvgIpc) is 2.37. The highest BCUT2D eigenvalue weighted by Gasteiger charge is 2.21. The molecule has 0 amide bonds. The molecular weight excluding hydrogens is 250 g/mol. The van der Waals surface area contributed by atoms with Crippen LogP contribution in [0.3, 0.4) is 0 Å². The van der Waals surface area contributed by atoms with Crippen molar-refractivity contribution in [3.05, 3.63) is 27.9 Å². The normalized spacial score (nSPS) is 10.1. The number of rotatable bonds is 6. The van der Waals surface area contributed by atoms with Gasteiger partial charge >= 0.3 is 11.7 Å². The second-order valence-corrected chi connectivity index (χ2v) is 4.16. The molecule has 7 heteroatoms. The monoisotopic (exact) mass is 267 g/mol. The van der Waals surface area contributed by atoms with E-state index < -0.39 is 4.92 Å². The van der Waals surface area contributed by atoms with Crippen LogP contribution in [0.25, 0.3) is 0 Å². The summed E-state index contributed by atoms with van der Waals surface area (Å²) in [5, 5.41) is 11.0. The van der Waals surface area contributed by atoms with Crippen LogP contribution in [-0.2, 0) is 9.53 Å². The zero-order valence-corrected chi connectivity index (χ0v) is 11.3.